The van der Waals surface area contributed by atoms with E-state index in [0.717, 1.165) is 5.56 Å². The minimum Gasteiger partial charge on any atom is -0.445 e. The van der Waals surface area contributed by atoms with Gasteiger partial charge in [0.25, 0.3) is 0 Å². The van der Waals surface area contributed by atoms with Crippen LogP contribution < -0.4 is 10.1 Å². The zero-order valence-electron chi connectivity index (χ0n) is 11.6. The van der Waals surface area contributed by atoms with Gasteiger partial charge in [0, 0.05) is 0 Å². The highest BCUT2D eigenvalue weighted by molar-refractivity contribution is 7.11. The fourth-order valence-electron chi connectivity index (χ4n) is 1.58. The van der Waals surface area contributed by atoms with Gasteiger partial charge in [0.15, 0.2) is 11.1 Å². The second-order valence-electron chi connectivity index (χ2n) is 4.29. The number of carbonyl (C=O) groups excluding carboxylic acids is 2. The van der Waals surface area contributed by atoms with Gasteiger partial charge in [0.05, 0.1) is 6.61 Å². The number of hydrogen-bond donors (Lipinski definition) is 2. The number of nitrogens with one attached hydrogen (secondary N) is 1. The number of aliphatic hydroxyl groups excluding tert-OH is 1. The Morgan fingerprint density at radius 1 is 1.18 bits per heavy atom. The number of alkyl carbamates (subject to hydrolysis) is 1. The summed E-state index contributed by atoms with van der Waals surface area (Å²) in [7, 11) is 0. The molecule has 2 N–H and O–H groups in total. The van der Waals surface area contributed by atoms with Crippen LogP contribution in [0.5, 0.6) is 5.06 Å². The van der Waals surface area contributed by atoms with E-state index in [-0.39, 0.29) is 6.61 Å². The number of thiophene rings is 1. The Morgan fingerprint density at radius 3 is 2.59 bits per heavy atom. The fourth-order valence-corrected chi connectivity index (χ4v) is 2.16. The number of ether oxygens (including phenoxy) is 2. The summed E-state index contributed by atoms with van der Waals surface area (Å²) in [5.41, 5.74) is 0.819. The Bertz CT molecular complexity index is 600. The summed E-state index contributed by atoms with van der Waals surface area (Å²) in [6.45, 7) is -0.505. The lowest BCUT2D eigenvalue weighted by Gasteiger charge is -2.14. The van der Waals surface area contributed by atoms with Crippen molar-refractivity contribution in [3.63, 3.8) is 0 Å². The molecule has 0 saturated heterocycles. The first kappa shape index (κ1) is 16.0. The molecule has 1 atom stereocenters. The minimum absolute atomic E-state index is 0.0742. The molecule has 2 aromatic rings. The zero-order valence-corrected chi connectivity index (χ0v) is 12.4. The van der Waals surface area contributed by atoms with E-state index in [1.165, 1.54) is 11.3 Å². The van der Waals surface area contributed by atoms with Crippen molar-refractivity contribution in [3.8, 4) is 5.06 Å². The first-order valence-electron chi connectivity index (χ1n) is 6.52. The van der Waals surface area contributed by atoms with Crippen molar-refractivity contribution in [2.75, 3.05) is 6.61 Å². The molecule has 116 valence electrons. The number of rotatable bonds is 6. The van der Waals surface area contributed by atoms with E-state index in [0.29, 0.717) is 5.06 Å². The topological polar surface area (TPSA) is 84.9 Å². The molecule has 1 amide bonds. The molecule has 7 heteroatoms. The molecule has 0 saturated carbocycles. The van der Waals surface area contributed by atoms with Crippen LogP contribution in [-0.4, -0.2) is 29.8 Å². The van der Waals surface area contributed by atoms with Gasteiger partial charge in [-0.15, -0.1) is 11.3 Å². The molecule has 0 aliphatic heterocycles. The second-order valence-corrected chi connectivity index (χ2v) is 5.20. The smallest absolute Gasteiger partial charge is 0.408 e. The highest BCUT2D eigenvalue weighted by Gasteiger charge is 2.23. The molecule has 0 radical (unpaired) electrons. The molecule has 1 aromatic heterocycles. The molecule has 0 spiro atoms. The average Bonchev–Trinajstić information content (AvgIpc) is 3.04. The van der Waals surface area contributed by atoms with Crippen molar-refractivity contribution in [2.45, 2.75) is 12.6 Å². The summed E-state index contributed by atoms with van der Waals surface area (Å²) in [6, 6.07) is 11.3. The van der Waals surface area contributed by atoms with Crippen LogP contribution in [0.3, 0.4) is 0 Å². The van der Waals surface area contributed by atoms with E-state index in [1.807, 2.05) is 30.3 Å². The van der Waals surface area contributed by atoms with Crippen molar-refractivity contribution in [1.29, 1.82) is 0 Å². The Balaban J connectivity index is 1.81. The third kappa shape index (κ3) is 4.87. The normalized spacial score (nSPS) is 11.5. The maximum atomic E-state index is 11.8. The van der Waals surface area contributed by atoms with Crippen LogP contribution in [0.1, 0.15) is 5.56 Å². The van der Waals surface area contributed by atoms with Crippen molar-refractivity contribution in [1.82, 2.24) is 5.32 Å². The summed E-state index contributed by atoms with van der Waals surface area (Å²) in [6.07, 6.45) is -0.800. The number of aliphatic hydroxyl groups is 1. The molecular formula is C15H15NO5S. The number of amides is 1. The predicted molar refractivity (Wildman–Crippen MR) is 80.6 cm³/mol. The predicted octanol–water partition coefficient (Wildman–Crippen LogP) is 1.94. The molecule has 0 aliphatic rings. The molecule has 22 heavy (non-hydrogen) atoms. The summed E-state index contributed by atoms with van der Waals surface area (Å²) in [5, 5.41) is 13.6. The molecule has 0 aliphatic carbocycles. The van der Waals surface area contributed by atoms with Crippen molar-refractivity contribution in [2.24, 2.45) is 0 Å². The van der Waals surface area contributed by atoms with Crippen LogP contribution in [0, 0.1) is 0 Å². The van der Waals surface area contributed by atoms with E-state index in [4.69, 9.17) is 9.47 Å². The maximum Gasteiger partial charge on any atom is 0.408 e. The standard InChI is InChI=1S/C15H15NO5S/c17-9-12(14(18)21-13-7-4-8-22-13)16-15(19)20-10-11-5-2-1-3-6-11/h1-8,12,17H,9-10H2,(H,16,19)/t12-/m0/s1. The van der Waals surface area contributed by atoms with E-state index in [1.54, 1.807) is 17.5 Å². The van der Waals surface area contributed by atoms with Gasteiger partial charge in [-0.3, -0.25) is 0 Å². The number of hydrogen-bond acceptors (Lipinski definition) is 6. The van der Waals surface area contributed by atoms with Gasteiger partial charge in [-0.25, -0.2) is 9.59 Å². The summed E-state index contributed by atoms with van der Waals surface area (Å²) < 4.78 is 10.00. The number of benzene rings is 1. The first-order valence-corrected chi connectivity index (χ1v) is 7.40. The van der Waals surface area contributed by atoms with Crippen LogP contribution in [-0.2, 0) is 16.1 Å². The molecule has 2 rings (SSSR count). The third-order valence-corrected chi connectivity index (χ3v) is 3.41. The Kier molecular flexibility index (Phi) is 5.93. The summed E-state index contributed by atoms with van der Waals surface area (Å²) in [4.78, 5) is 23.4. The SMILES string of the molecule is O=C(N[C@@H](CO)C(=O)Oc1cccs1)OCc1ccccc1. The van der Waals surface area contributed by atoms with Gasteiger partial charge in [0.2, 0.25) is 0 Å². The van der Waals surface area contributed by atoms with Crippen molar-refractivity contribution < 1.29 is 24.2 Å². The first-order chi connectivity index (χ1) is 10.7. The summed E-state index contributed by atoms with van der Waals surface area (Å²) >= 11 is 1.24. The Morgan fingerprint density at radius 2 is 1.95 bits per heavy atom. The number of esters is 1. The van der Waals surface area contributed by atoms with Crippen LogP contribution >= 0.6 is 11.3 Å². The van der Waals surface area contributed by atoms with E-state index in [9.17, 15) is 14.7 Å². The molecule has 0 bridgehead atoms. The fraction of sp³-hybridized carbons (Fsp3) is 0.200. The highest BCUT2D eigenvalue weighted by atomic mass is 32.1. The monoisotopic (exact) mass is 321 g/mol. The lowest BCUT2D eigenvalue weighted by Crippen LogP contribution is -2.45. The number of carbonyl (C=O) groups is 2. The third-order valence-electron chi connectivity index (χ3n) is 2.67. The molecular weight excluding hydrogens is 306 g/mol. The van der Waals surface area contributed by atoms with Gasteiger partial charge in [-0.1, -0.05) is 30.3 Å². The molecule has 1 heterocycles. The van der Waals surface area contributed by atoms with E-state index in [2.05, 4.69) is 5.32 Å². The lowest BCUT2D eigenvalue weighted by atomic mass is 10.2. The maximum absolute atomic E-state index is 11.8. The molecule has 1 aromatic carbocycles. The van der Waals surface area contributed by atoms with E-state index >= 15 is 0 Å². The van der Waals surface area contributed by atoms with Crippen molar-refractivity contribution >= 4 is 23.4 Å². The van der Waals surface area contributed by atoms with Gasteiger partial charge >= 0.3 is 12.1 Å². The average molecular weight is 321 g/mol. The second kappa shape index (κ2) is 8.16. The molecule has 0 fully saturated rings. The van der Waals surface area contributed by atoms with Crippen LogP contribution in [0.2, 0.25) is 0 Å². The molecule has 0 unspecified atom stereocenters. The Labute approximate surface area is 131 Å². The largest absolute Gasteiger partial charge is 0.445 e. The minimum atomic E-state index is -1.18. The van der Waals surface area contributed by atoms with Gasteiger partial charge in [-0.05, 0) is 23.1 Å². The van der Waals surface area contributed by atoms with E-state index < -0.39 is 24.7 Å². The highest BCUT2D eigenvalue weighted by Crippen LogP contribution is 2.18. The van der Waals surface area contributed by atoms with Crippen LogP contribution in [0.25, 0.3) is 0 Å². The summed E-state index contributed by atoms with van der Waals surface area (Å²) in [5.74, 6) is -0.749. The van der Waals surface area contributed by atoms with Gasteiger partial charge < -0.3 is 19.9 Å². The Hall–Kier alpha value is -2.38. The quantitative estimate of drug-likeness (QED) is 0.794. The van der Waals surface area contributed by atoms with Crippen LogP contribution in [0.4, 0.5) is 4.79 Å². The van der Waals surface area contributed by atoms with Crippen LogP contribution in [0.15, 0.2) is 47.8 Å². The van der Waals surface area contributed by atoms with Gasteiger partial charge in [0.1, 0.15) is 6.61 Å². The zero-order chi connectivity index (χ0) is 15.8. The lowest BCUT2D eigenvalue weighted by molar-refractivity contribution is -0.137. The van der Waals surface area contributed by atoms with Crippen molar-refractivity contribution in [3.05, 3.63) is 53.4 Å². The molecule has 6 nitrogen and oxygen atoms in total. The van der Waals surface area contributed by atoms with Gasteiger partial charge in [-0.2, -0.15) is 0 Å².